The molecule has 28 heavy (non-hydrogen) atoms. The molecular weight excluding hydrogens is 378 g/mol. The van der Waals surface area contributed by atoms with Gasteiger partial charge in [0.1, 0.15) is 17.4 Å². The van der Waals surface area contributed by atoms with E-state index in [1.807, 2.05) is 18.2 Å². The van der Waals surface area contributed by atoms with Crippen LogP contribution in [-0.2, 0) is 10.0 Å². The molecule has 0 saturated carbocycles. The van der Waals surface area contributed by atoms with E-state index in [0.29, 0.717) is 11.6 Å². The van der Waals surface area contributed by atoms with E-state index in [1.54, 1.807) is 18.3 Å². The number of ether oxygens (including phenoxy) is 1. The Morgan fingerprint density at radius 3 is 2.68 bits per heavy atom. The zero-order valence-corrected chi connectivity index (χ0v) is 16.2. The molecule has 1 saturated heterocycles. The molecule has 1 aromatic heterocycles. The van der Waals surface area contributed by atoms with Crippen LogP contribution in [0.4, 0.5) is 11.6 Å². The maximum absolute atomic E-state index is 11.4. The highest BCUT2D eigenvalue weighted by Crippen LogP contribution is 2.27. The predicted octanol–water partition coefficient (Wildman–Crippen LogP) is 2.10. The van der Waals surface area contributed by atoms with Gasteiger partial charge in [-0.05, 0) is 43.8 Å². The van der Waals surface area contributed by atoms with Crippen LogP contribution < -0.4 is 15.2 Å². The Bertz CT molecular complexity index is 1100. The minimum absolute atomic E-state index is 0.0506. The monoisotopic (exact) mass is 399 g/mol. The highest BCUT2D eigenvalue weighted by molar-refractivity contribution is 7.89. The van der Waals surface area contributed by atoms with E-state index in [0.717, 1.165) is 36.2 Å². The van der Waals surface area contributed by atoms with Crippen molar-refractivity contribution >= 4 is 32.6 Å². The molecule has 0 bridgehead atoms. The number of nitrogens with zero attached hydrogens (tertiary/aromatic N) is 3. The topological polar surface area (TPSA) is 110 Å². The molecule has 0 aliphatic carbocycles. The third-order valence-electron chi connectivity index (χ3n) is 4.65. The lowest BCUT2D eigenvalue weighted by Gasteiger charge is -2.15. The van der Waals surface area contributed by atoms with E-state index >= 15 is 0 Å². The molecule has 1 aliphatic heterocycles. The predicted molar refractivity (Wildman–Crippen MR) is 107 cm³/mol. The second-order valence-electron chi connectivity index (χ2n) is 6.87. The van der Waals surface area contributed by atoms with Crippen LogP contribution in [0.2, 0.25) is 0 Å². The molecule has 1 aliphatic rings. The maximum Gasteiger partial charge on any atom is 0.238 e. The van der Waals surface area contributed by atoms with Crippen molar-refractivity contribution in [3.63, 3.8) is 0 Å². The van der Waals surface area contributed by atoms with Crippen molar-refractivity contribution in [1.82, 2.24) is 14.9 Å². The lowest BCUT2D eigenvalue weighted by Crippen LogP contribution is -2.21. The van der Waals surface area contributed by atoms with Crippen molar-refractivity contribution in [2.75, 3.05) is 25.5 Å². The summed E-state index contributed by atoms with van der Waals surface area (Å²) in [6.45, 7) is 1.91. The van der Waals surface area contributed by atoms with Gasteiger partial charge in [0.05, 0.1) is 4.90 Å². The average Bonchev–Trinajstić information content (AvgIpc) is 3.07. The molecule has 1 atom stereocenters. The second-order valence-corrected chi connectivity index (χ2v) is 8.43. The average molecular weight is 399 g/mol. The van der Waals surface area contributed by atoms with Crippen LogP contribution in [0, 0.1) is 0 Å². The lowest BCUT2D eigenvalue weighted by atomic mass is 10.2. The number of likely N-dealkylation sites (tertiary alicyclic amines) is 1. The minimum atomic E-state index is -3.72. The minimum Gasteiger partial charge on any atom is -0.487 e. The van der Waals surface area contributed by atoms with Crippen molar-refractivity contribution in [3.05, 3.63) is 48.7 Å². The first-order valence-electron chi connectivity index (χ1n) is 8.89. The fourth-order valence-corrected chi connectivity index (χ4v) is 3.73. The van der Waals surface area contributed by atoms with Crippen LogP contribution in [0.5, 0.6) is 5.75 Å². The van der Waals surface area contributed by atoms with Crippen LogP contribution in [0.1, 0.15) is 6.42 Å². The molecule has 3 aromatic rings. The number of likely N-dealkylation sites (N-methyl/N-ethyl adjacent to an activating group) is 1. The van der Waals surface area contributed by atoms with Gasteiger partial charge in [-0.3, -0.25) is 0 Å². The number of nitrogens with two attached hydrogens (primary N) is 1. The van der Waals surface area contributed by atoms with Gasteiger partial charge in [0, 0.05) is 30.4 Å². The molecule has 2 heterocycles. The number of rotatable bonds is 5. The summed E-state index contributed by atoms with van der Waals surface area (Å²) >= 11 is 0. The fraction of sp³-hybridized carbons (Fsp3) is 0.263. The van der Waals surface area contributed by atoms with Crippen LogP contribution in [0.3, 0.4) is 0 Å². The summed E-state index contributed by atoms with van der Waals surface area (Å²) in [5, 5.41) is 9.09. The molecule has 8 nitrogen and oxygen atoms in total. The smallest absolute Gasteiger partial charge is 0.238 e. The molecule has 0 radical (unpaired) electrons. The van der Waals surface area contributed by atoms with Crippen molar-refractivity contribution in [2.45, 2.75) is 17.4 Å². The van der Waals surface area contributed by atoms with Gasteiger partial charge in [-0.15, -0.1) is 0 Å². The summed E-state index contributed by atoms with van der Waals surface area (Å²) < 4.78 is 28.9. The number of nitrogens with one attached hydrogen (secondary N) is 1. The summed E-state index contributed by atoms with van der Waals surface area (Å²) in [6, 6.07) is 11.9. The Labute approximate surface area is 163 Å². The van der Waals surface area contributed by atoms with Crippen LogP contribution >= 0.6 is 0 Å². The Morgan fingerprint density at radius 1 is 1.21 bits per heavy atom. The van der Waals surface area contributed by atoms with Gasteiger partial charge in [0.15, 0.2) is 0 Å². The van der Waals surface area contributed by atoms with E-state index in [4.69, 9.17) is 9.88 Å². The fourth-order valence-electron chi connectivity index (χ4n) is 3.21. The zero-order chi connectivity index (χ0) is 19.7. The SMILES string of the molecule is CN1CC[C@H](Oc2cccc3cnc(Nc4ccc(S(N)(=O)=O)cc4)nc23)C1. The highest BCUT2D eigenvalue weighted by Gasteiger charge is 2.22. The highest BCUT2D eigenvalue weighted by atomic mass is 32.2. The van der Waals surface area contributed by atoms with Gasteiger partial charge in [-0.25, -0.2) is 23.5 Å². The lowest BCUT2D eigenvalue weighted by molar-refractivity contribution is 0.210. The number of para-hydroxylation sites is 1. The van der Waals surface area contributed by atoms with E-state index in [-0.39, 0.29) is 11.0 Å². The third-order valence-corrected chi connectivity index (χ3v) is 5.58. The molecule has 0 unspecified atom stereocenters. The Hall–Kier alpha value is -2.75. The normalized spacial score (nSPS) is 17.7. The van der Waals surface area contributed by atoms with Gasteiger partial charge < -0.3 is 15.0 Å². The van der Waals surface area contributed by atoms with Crippen LogP contribution in [0.15, 0.2) is 53.6 Å². The van der Waals surface area contributed by atoms with Crippen molar-refractivity contribution in [3.8, 4) is 5.75 Å². The molecule has 1 fully saturated rings. The number of anilines is 2. The zero-order valence-electron chi connectivity index (χ0n) is 15.4. The number of benzene rings is 2. The molecule has 3 N–H and O–H groups in total. The first-order chi connectivity index (χ1) is 13.4. The van der Waals surface area contributed by atoms with Gasteiger partial charge in [-0.2, -0.15) is 0 Å². The number of aromatic nitrogens is 2. The standard InChI is InChI=1S/C19H21N5O3S/c1-24-10-9-15(12-24)27-17-4-2-3-13-11-21-19(23-18(13)17)22-14-5-7-16(8-6-14)28(20,25)26/h2-8,11,15H,9-10,12H2,1H3,(H2,20,25,26)(H,21,22,23)/t15-/m0/s1. The Kier molecular flexibility index (Phi) is 4.88. The van der Waals surface area contributed by atoms with Gasteiger partial charge in [0.2, 0.25) is 16.0 Å². The number of hydrogen-bond acceptors (Lipinski definition) is 7. The first kappa shape index (κ1) is 18.6. The molecular formula is C19H21N5O3S. The van der Waals surface area contributed by atoms with Crippen molar-refractivity contribution in [1.29, 1.82) is 0 Å². The van der Waals surface area contributed by atoms with Gasteiger partial charge >= 0.3 is 0 Å². The summed E-state index contributed by atoms with van der Waals surface area (Å²) in [6.07, 6.45) is 2.86. The molecule has 0 spiro atoms. The van der Waals surface area contributed by atoms with Crippen LogP contribution in [-0.4, -0.2) is 49.5 Å². The number of hydrogen-bond donors (Lipinski definition) is 2. The van der Waals surface area contributed by atoms with E-state index in [1.165, 1.54) is 12.1 Å². The summed E-state index contributed by atoms with van der Waals surface area (Å²) in [5.74, 6) is 1.13. The van der Waals surface area contributed by atoms with Gasteiger partial charge in [-0.1, -0.05) is 12.1 Å². The van der Waals surface area contributed by atoms with Crippen molar-refractivity contribution in [2.24, 2.45) is 5.14 Å². The maximum atomic E-state index is 11.4. The molecule has 0 amide bonds. The summed E-state index contributed by atoms with van der Waals surface area (Å²) in [4.78, 5) is 11.2. The largest absolute Gasteiger partial charge is 0.487 e. The number of sulfonamides is 1. The van der Waals surface area contributed by atoms with E-state index in [2.05, 4.69) is 27.2 Å². The third kappa shape index (κ3) is 4.06. The molecule has 2 aromatic carbocycles. The molecule has 146 valence electrons. The number of primary sulfonamides is 1. The molecule has 9 heteroatoms. The van der Waals surface area contributed by atoms with Crippen molar-refractivity contribution < 1.29 is 13.2 Å². The van der Waals surface area contributed by atoms with E-state index < -0.39 is 10.0 Å². The number of fused-ring (bicyclic) bond motifs is 1. The quantitative estimate of drug-likeness (QED) is 0.676. The Morgan fingerprint density at radius 2 is 2.00 bits per heavy atom. The Balaban J connectivity index is 1.59. The van der Waals surface area contributed by atoms with Gasteiger partial charge in [0.25, 0.3) is 0 Å². The summed E-state index contributed by atoms with van der Waals surface area (Å²) in [5.41, 5.74) is 1.39. The first-order valence-corrected chi connectivity index (χ1v) is 10.4. The second kappa shape index (κ2) is 7.34. The molecule has 4 rings (SSSR count). The van der Waals surface area contributed by atoms with E-state index in [9.17, 15) is 8.42 Å². The summed E-state index contributed by atoms with van der Waals surface area (Å²) in [7, 11) is -1.64. The van der Waals surface area contributed by atoms with Crippen LogP contribution in [0.25, 0.3) is 10.9 Å².